The maximum Gasteiger partial charge on any atom is 0.319 e. The molecule has 7 nitrogen and oxygen atoms in total. The highest BCUT2D eigenvalue weighted by atomic mass is 32.2. The molecule has 4 rings (SSSR count). The third-order valence-corrected chi connectivity index (χ3v) is 6.59. The van der Waals surface area contributed by atoms with Crippen molar-refractivity contribution in [3.8, 4) is 5.75 Å². The number of hydrogen-bond donors (Lipinski definition) is 2. The van der Waals surface area contributed by atoms with Crippen LogP contribution in [0.15, 0.2) is 48.5 Å². The van der Waals surface area contributed by atoms with E-state index < -0.39 is 10.0 Å². The Labute approximate surface area is 158 Å². The average Bonchev–Trinajstić information content (AvgIpc) is 3.23. The number of nitrogens with zero attached hydrogens (tertiary/aromatic N) is 1. The fourth-order valence-electron chi connectivity index (χ4n) is 3.39. The van der Waals surface area contributed by atoms with Crippen LogP contribution in [0.1, 0.15) is 12.0 Å². The molecule has 0 radical (unpaired) electrons. The first-order chi connectivity index (χ1) is 13.0. The Hall–Kier alpha value is -2.74. The van der Waals surface area contributed by atoms with E-state index in [4.69, 9.17) is 4.74 Å². The second-order valence-electron chi connectivity index (χ2n) is 6.68. The molecule has 2 aromatic rings. The number of hydrogen-bond acceptors (Lipinski definition) is 4. The molecule has 2 aromatic carbocycles. The van der Waals surface area contributed by atoms with E-state index in [9.17, 15) is 13.2 Å². The van der Waals surface area contributed by atoms with Gasteiger partial charge in [-0.2, -0.15) is 0 Å². The fraction of sp³-hybridized carbons (Fsp3) is 0.316. The zero-order valence-electron chi connectivity index (χ0n) is 14.7. The molecule has 2 aliphatic heterocycles. The third-order valence-electron chi connectivity index (χ3n) is 4.72. The van der Waals surface area contributed by atoms with Crippen molar-refractivity contribution in [3.05, 3.63) is 54.1 Å². The number of anilines is 2. The van der Waals surface area contributed by atoms with Crippen LogP contribution in [0.4, 0.5) is 16.2 Å². The van der Waals surface area contributed by atoms with Crippen LogP contribution in [0.3, 0.4) is 0 Å². The first kappa shape index (κ1) is 17.7. The average molecular weight is 387 g/mol. The molecular weight excluding hydrogens is 366 g/mol. The van der Waals surface area contributed by atoms with Gasteiger partial charge in [0.2, 0.25) is 10.0 Å². The molecule has 0 bridgehead atoms. The largest absolute Gasteiger partial charge is 0.488 e. The Morgan fingerprint density at radius 3 is 2.63 bits per heavy atom. The summed E-state index contributed by atoms with van der Waals surface area (Å²) in [5, 5.41) is 5.56. The van der Waals surface area contributed by atoms with E-state index in [0.29, 0.717) is 30.9 Å². The molecule has 2 amide bonds. The number of carbonyl (C=O) groups excluding carboxylic acids is 1. The zero-order valence-corrected chi connectivity index (χ0v) is 15.5. The molecule has 2 N–H and O–H groups in total. The number of urea groups is 1. The number of amides is 2. The van der Waals surface area contributed by atoms with Crippen LogP contribution in [0.2, 0.25) is 0 Å². The van der Waals surface area contributed by atoms with Gasteiger partial charge in [-0.3, -0.25) is 4.31 Å². The highest BCUT2D eigenvalue weighted by Crippen LogP contribution is 2.28. The lowest BCUT2D eigenvalue weighted by molar-refractivity contribution is 0.219. The van der Waals surface area contributed by atoms with Crippen molar-refractivity contribution in [1.82, 2.24) is 5.32 Å². The highest BCUT2D eigenvalue weighted by Gasteiger charge is 2.28. The van der Waals surface area contributed by atoms with Gasteiger partial charge in [0.25, 0.3) is 0 Å². The first-order valence-corrected chi connectivity index (χ1v) is 10.5. The van der Waals surface area contributed by atoms with E-state index in [1.165, 1.54) is 4.31 Å². The van der Waals surface area contributed by atoms with Crippen molar-refractivity contribution < 1.29 is 17.9 Å². The van der Waals surface area contributed by atoms with E-state index in [2.05, 4.69) is 10.6 Å². The van der Waals surface area contributed by atoms with Crippen molar-refractivity contribution >= 4 is 27.4 Å². The minimum absolute atomic E-state index is 0.0732. The Kier molecular flexibility index (Phi) is 4.65. The molecule has 0 aliphatic carbocycles. The van der Waals surface area contributed by atoms with E-state index >= 15 is 0 Å². The van der Waals surface area contributed by atoms with Crippen LogP contribution < -0.4 is 19.7 Å². The molecule has 8 heteroatoms. The lowest BCUT2D eigenvalue weighted by Gasteiger charge is -2.17. The molecule has 142 valence electrons. The van der Waals surface area contributed by atoms with Crippen molar-refractivity contribution in [2.24, 2.45) is 0 Å². The number of nitrogens with one attached hydrogen (secondary N) is 2. The van der Waals surface area contributed by atoms with Gasteiger partial charge in [0.05, 0.1) is 18.0 Å². The Balaban J connectivity index is 1.29. The first-order valence-electron chi connectivity index (χ1n) is 8.91. The molecule has 2 heterocycles. The van der Waals surface area contributed by atoms with Crippen LogP contribution in [0.5, 0.6) is 5.75 Å². The van der Waals surface area contributed by atoms with Gasteiger partial charge in [-0.25, -0.2) is 13.2 Å². The molecule has 2 aliphatic rings. The minimum atomic E-state index is -3.20. The summed E-state index contributed by atoms with van der Waals surface area (Å²) in [5.74, 6) is 1.06. The van der Waals surface area contributed by atoms with Gasteiger partial charge in [-0.1, -0.05) is 18.2 Å². The SMILES string of the molecule is O=C(NC[C@H]1Cc2ccccc2O1)Nc1ccc(N2CCCS2(=O)=O)cc1. The lowest BCUT2D eigenvalue weighted by Crippen LogP contribution is -2.37. The molecule has 0 aromatic heterocycles. The Morgan fingerprint density at radius 2 is 1.93 bits per heavy atom. The summed E-state index contributed by atoms with van der Waals surface area (Å²) in [7, 11) is -3.20. The van der Waals surface area contributed by atoms with E-state index in [1.807, 2.05) is 24.3 Å². The van der Waals surface area contributed by atoms with Gasteiger partial charge in [-0.15, -0.1) is 0 Å². The molecular formula is C19H21N3O4S. The summed E-state index contributed by atoms with van der Waals surface area (Å²) in [4.78, 5) is 12.1. The monoisotopic (exact) mass is 387 g/mol. The molecule has 1 saturated heterocycles. The topological polar surface area (TPSA) is 87.7 Å². The van der Waals surface area contributed by atoms with Crippen LogP contribution in [0.25, 0.3) is 0 Å². The molecule has 0 spiro atoms. The van der Waals surface area contributed by atoms with Gasteiger partial charge in [0.15, 0.2) is 0 Å². The van der Waals surface area contributed by atoms with Gasteiger partial charge >= 0.3 is 6.03 Å². The predicted octanol–water partition coefficient (Wildman–Crippen LogP) is 2.35. The maximum atomic E-state index is 12.1. The van der Waals surface area contributed by atoms with Gasteiger partial charge in [0, 0.05) is 18.7 Å². The summed E-state index contributed by atoms with van der Waals surface area (Å²) in [5.41, 5.74) is 2.37. The number of ether oxygens (including phenoxy) is 1. The summed E-state index contributed by atoms with van der Waals surface area (Å²) in [6.45, 7) is 0.907. The van der Waals surface area contributed by atoms with E-state index in [1.54, 1.807) is 24.3 Å². The van der Waals surface area contributed by atoms with Gasteiger partial charge in [0.1, 0.15) is 11.9 Å². The zero-order chi connectivity index (χ0) is 18.9. The van der Waals surface area contributed by atoms with Crippen LogP contribution in [0, 0.1) is 0 Å². The molecule has 0 saturated carbocycles. The Morgan fingerprint density at radius 1 is 1.15 bits per heavy atom. The smallest absolute Gasteiger partial charge is 0.319 e. The molecule has 1 atom stereocenters. The van der Waals surface area contributed by atoms with Crippen molar-refractivity contribution in [3.63, 3.8) is 0 Å². The quantitative estimate of drug-likeness (QED) is 0.843. The highest BCUT2D eigenvalue weighted by molar-refractivity contribution is 7.93. The van der Waals surface area contributed by atoms with Crippen molar-refractivity contribution in [2.75, 3.05) is 28.5 Å². The number of para-hydroxylation sites is 1. The molecule has 0 unspecified atom stereocenters. The van der Waals surface area contributed by atoms with Crippen LogP contribution in [-0.4, -0.2) is 39.4 Å². The summed E-state index contributed by atoms with van der Waals surface area (Å²) < 4.78 is 31.1. The van der Waals surface area contributed by atoms with Gasteiger partial charge in [-0.05, 0) is 42.3 Å². The standard InChI is InChI=1S/C19H21N3O4S/c23-19(20-13-17-12-14-4-1-2-5-18(14)26-17)21-15-6-8-16(9-7-15)22-10-3-11-27(22,24)25/h1-2,4-9,17H,3,10-13H2,(H2,20,21,23)/t17-/m1/s1. The minimum Gasteiger partial charge on any atom is -0.488 e. The number of fused-ring (bicyclic) bond motifs is 1. The molecule has 27 heavy (non-hydrogen) atoms. The van der Waals surface area contributed by atoms with Gasteiger partial charge < -0.3 is 15.4 Å². The van der Waals surface area contributed by atoms with E-state index in [-0.39, 0.29) is 17.9 Å². The number of carbonyl (C=O) groups is 1. The third kappa shape index (κ3) is 3.85. The predicted molar refractivity (Wildman–Crippen MR) is 104 cm³/mol. The fourth-order valence-corrected chi connectivity index (χ4v) is 4.95. The summed E-state index contributed by atoms with van der Waals surface area (Å²) in [6, 6.07) is 14.3. The second kappa shape index (κ2) is 7.11. The maximum absolute atomic E-state index is 12.1. The van der Waals surface area contributed by atoms with Crippen molar-refractivity contribution in [2.45, 2.75) is 18.9 Å². The number of rotatable bonds is 4. The summed E-state index contributed by atoms with van der Waals surface area (Å²) >= 11 is 0. The second-order valence-corrected chi connectivity index (χ2v) is 8.69. The normalized spacial score (nSPS) is 20.0. The summed E-state index contributed by atoms with van der Waals surface area (Å²) in [6.07, 6.45) is 1.34. The Bertz CT molecular complexity index is 919. The van der Waals surface area contributed by atoms with Crippen LogP contribution >= 0.6 is 0 Å². The van der Waals surface area contributed by atoms with Crippen LogP contribution in [-0.2, 0) is 16.4 Å². The lowest BCUT2D eigenvalue weighted by atomic mass is 10.1. The van der Waals surface area contributed by atoms with Crippen molar-refractivity contribution in [1.29, 1.82) is 0 Å². The molecule has 1 fully saturated rings. The number of sulfonamides is 1. The van der Waals surface area contributed by atoms with E-state index in [0.717, 1.165) is 17.7 Å². The number of benzene rings is 2.